The minimum Gasteiger partial charge on any atom is -0.481 e. The molecule has 0 aliphatic rings. The first-order valence-electron chi connectivity index (χ1n) is 5.71. The molecule has 0 spiro atoms. The van der Waals surface area contributed by atoms with Gasteiger partial charge in [-0.1, -0.05) is 29.8 Å². The molecule has 4 nitrogen and oxygen atoms in total. The van der Waals surface area contributed by atoms with Gasteiger partial charge in [0.15, 0.2) is 0 Å². The van der Waals surface area contributed by atoms with Gasteiger partial charge >= 0.3 is 5.97 Å². The standard InChI is InChI=1S/C14H11ClO4S/c15-11-5-7-12(8-6-11)20(18,19)13-4-2-1-3-10(13)9-14(16)17/h1-8H,9H2,(H,16,17). The number of halogens is 1. The van der Waals surface area contributed by atoms with E-state index in [0.29, 0.717) is 5.02 Å². The largest absolute Gasteiger partial charge is 0.481 e. The van der Waals surface area contributed by atoms with Crippen molar-refractivity contribution >= 4 is 27.4 Å². The molecule has 1 N–H and O–H groups in total. The predicted octanol–water partition coefficient (Wildman–Crippen LogP) is 2.80. The van der Waals surface area contributed by atoms with Crippen LogP contribution in [0.3, 0.4) is 0 Å². The van der Waals surface area contributed by atoms with Crippen LogP contribution in [0.1, 0.15) is 5.56 Å². The van der Waals surface area contributed by atoms with Crippen LogP contribution in [0.2, 0.25) is 5.02 Å². The summed E-state index contributed by atoms with van der Waals surface area (Å²) in [5, 5.41) is 9.28. The van der Waals surface area contributed by atoms with Crippen LogP contribution in [0.5, 0.6) is 0 Å². The molecule has 0 bridgehead atoms. The first-order valence-corrected chi connectivity index (χ1v) is 7.58. The van der Waals surface area contributed by atoms with E-state index >= 15 is 0 Å². The number of hydrogen-bond donors (Lipinski definition) is 1. The summed E-state index contributed by atoms with van der Waals surface area (Å²) < 4.78 is 25.0. The SMILES string of the molecule is O=C(O)Cc1ccccc1S(=O)(=O)c1ccc(Cl)cc1. The topological polar surface area (TPSA) is 71.4 Å². The van der Waals surface area contributed by atoms with E-state index < -0.39 is 15.8 Å². The third-order valence-corrected chi connectivity index (χ3v) is 4.85. The zero-order chi connectivity index (χ0) is 14.8. The summed E-state index contributed by atoms with van der Waals surface area (Å²) in [7, 11) is -3.75. The number of sulfone groups is 1. The Labute approximate surface area is 121 Å². The van der Waals surface area contributed by atoms with Gasteiger partial charge in [-0.3, -0.25) is 4.79 Å². The van der Waals surface area contributed by atoms with Gasteiger partial charge < -0.3 is 5.11 Å². The zero-order valence-electron chi connectivity index (χ0n) is 10.3. The number of aliphatic carboxylic acids is 1. The molecule has 6 heteroatoms. The highest BCUT2D eigenvalue weighted by Gasteiger charge is 2.21. The summed E-state index contributed by atoms with van der Waals surface area (Å²) in [6.07, 6.45) is -0.344. The van der Waals surface area contributed by atoms with Crippen molar-refractivity contribution in [3.63, 3.8) is 0 Å². The second-order valence-corrected chi connectivity index (χ2v) is 6.49. The maximum Gasteiger partial charge on any atom is 0.307 e. The lowest BCUT2D eigenvalue weighted by atomic mass is 10.1. The van der Waals surface area contributed by atoms with Crippen molar-refractivity contribution in [1.82, 2.24) is 0 Å². The van der Waals surface area contributed by atoms with Gasteiger partial charge in [0, 0.05) is 5.02 Å². The predicted molar refractivity (Wildman–Crippen MR) is 74.7 cm³/mol. The molecule has 0 heterocycles. The molecule has 0 fully saturated rings. The van der Waals surface area contributed by atoms with E-state index in [1.165, 1.54) is 36.4 Å². The molecule has 0 atom stereocenters. The van der Waals surface area contributed by atoms with E-state index in [-0.39, 0.29) is 21.8 Å². The second kappa shape index (κ2) is 5.64. The molecular formula is C14H11ClO4S. The van der Waals surface area contributed by atoms with Crippen molar-refractivity contribution in [3.05, 3.63) is 59.1 Å². The van der Waals surface area contributed by atoms with Crippen LogP contribution in [-0.2, 0) is 21.1 Å². The Bertz CT molecular complexity index is 736. The molecule has 0 saturated carbocycles. The minimum atomic E-state index is -3.75. The quantitative estimate of drug-likeness (QED) is 0.942. The molecule has 0 aliphatic carbocycles. The van der Waals surface area contributed by atoms with Crippen molar-refractivity contribution in [2.45, 2.75) is 16.2 Å². The van der Waals surface area contributed by atoms with Gasteiger partial charge in [-0.15, -0.1) is 0 Å². The van der Waals surface area contributed by atoms with Gasteiger partial charge in [-0.25, -0.2) is 8.42 Å². The smallest absolute Gasteiger partial charge is 0.307 e. The number of carboxylic acid groups (broad SMARTS) is 1. The maximum absolute atomic E-state index is 12.5. The van der Waals surface area contributed by atoms with Crippen molar-refractivity contribution in [2.24, 2.45) is 0 Å². The number of rotatable bonds is 4. The second-order valence-electron chi connectivity index (χ2n) is 4.14. The lowest BCUT2D eigenvalue weighted by Crippen LogP contribution is -2.09. The molecule has 2 aromatic rings. The van der Waals surface area contributed by atoms with Crippen LogP contribution in [0.25, 0.3) is 0 Å². The molecule has 0 amide bonds. The van der Waals surface area contributed by atoms with E-state index in [9.17, 15) is 13.2 Å². The summed E-state index contributed by atoms with van der Waals surface area (Å²) in [6, 6.07) is 11.8. The molecule has 2 aromatic carbocycles. The molecule has 104 valence electrons. The van der Waals surface area contributed by atoms with Gasteiger partial charge in [-0.2, -0.15) is 0 Å². The molecular weight excluding hydrogens is 300 g/mol. The highest BCUT2D eigenvalue weighted by Crippen LogP contribution is 2.25. The maximum atomic E-state index is 12.5. The monoisotopic (exact) mass is 310 g/mol. The van der Waals surface area contributed by atoms with Gasteiger partial charge in [-0.05, 0) is 35.9 Å². The fourth-order valence-corrected chi connectivity index (χ4v) is 3.43. The lowest BCUT2D eigenvalue weighted by Gasteiger charge is -2.09. The van der Waals surface area contributed by atoms with Crippen molar-refractivity contribution in [3.8, 4) is 0 Å². The number of carbonyl (C=O) groups is 1. The highest BCUT2D eigenvalue weighted by molar-refractivity contribution is 7.91. The molecule has 0 unspecified atom stereocenters. The summed E-state index contributed by atoms with van der Waals surface area (Å²) in [5.74, 6) is -1.08. The first-order chi connectivity index (χ1) is 9.41. The van der Waals surface area contributed by atoms with Crippen LogP contribution in [0, 0.1) is 0 Å². The number of carboxylic acids is 1. The van der Waals surface area contributed by atoms with Gasteiger partial charge in [0.1, 0.15) is 0 Å². The molecule has 0 aromatic heterocycles. The third-order valence-electron chi connectivity index (χ3n) is 2.73. The van der Waals surface area contributed by atoms with Gasteiger partial charge in [0.2, 0.25) is 9.84 Å². The molecule has 0 radical (unpaired) electrons. The fraction of sp³-hybridized carbons (Fsp3) is 0.0714. The van der Waals surface area contributed by atoms with E-state index in [1.54, 1.807) is 12.1 Å². The van der Waals surface area contributed by atoms with E-state index in [0.717, 1.165) is 0 Å². The Balaban J connectivity index is 2.54. The Hall–Kier alpha value is -1.85. The molecule has 0 saturated heterocycles. The van der Waals surface area contributed by atoms with Crippen LogP contribution in [-0.4, -0.2) is 19.5 Å². The highest BCUT2D eigenvalue weighted by atomic mass is 35.5. The van der Waals surface area contributed by atoms with Crippen LogP contribution in [0.4, 0.5) is 0 Å². The van der Waals surface area contributed by atoms with Crippen molar-refractivity contribution in [2.75, 3.05) is 0 Å². The average Bonchev–Trinajstić information content (AvgIpc) is 2.39. The molecule has 2 rings (SSSR count). The summed E-state index contributed by atoms with van der Waals surface area (Å²) in [4.78, 5) is 10.9. The molecule has 0 aliphatic heterocycles. The Kier molecular flexibility index (Phi) is 4.11. The number of hydrogen-bond acceptors (Lipinski definition) is 3. The minimum absolute atomic E-state index is 0.00437. The van der Waals surface area contributed by atoms with Crippen LogP contribution < -0.4 is 0 Å². The molecule has 20 heavy (non-hydrogen) atoms. The van der Waals surface area contributed by atoms with E-state index in [1.807, 2.05) is 0 Å². The van der Waals surface area contributed by atoms with Gasteiger partial charge in [0.05, 0.1) is 16.2 Å². The summed E-state index contributed by atoms with van der Waals surface area (Å²) in [6.45, 7) is 0. The van der Waals surface area contributed by atoms with E-state index in [4.69, 9.17) is 16.7 Å². The first kappa shape index (κ1) is 14.6. The fourth-order valence-electron chi connectivity index (χ4n) is 1.82. The third kappa shape index (κ3) is 3.00. The summed E-state index contributed by atoms with van der Waals surface area (Å²) in [5.41, 5.74) is 0.259. The van der Waals surface area contributed by atoms with Crippen LogP contribution in [0.15, 0.2) is 58.3 Å². The normalized spacial score (nSPS) is 11.2. The van der Waals surface area contributed by atoms with E-state index in [2.05, 4.69) is 0 Å². The average molecular weight is 311 g/mol. The van der Waals surface area contributed by atoms with Crippen molar-refractivity contribution in [1.29, 1.82) is 0 Å². The Morgan fingerprint density at radius 2 is 1.65 bits per heavy atom. The Morgan fingerprint density at radius 3 is 2.25 bits per heavy atom. The van der Waals surface area contributed by atoms with Crippen molar-refractivity contribution < 1.29 is 18.3 Å². The lowest BCUT2D eigenvalue weighted by molar-refractivity contribution is -0.136. The number of benzene rings is 2. The van der Waals surface area contributed by atoms with Crippen LogP contribution >= 0.6 is 11.6 Å². The zero-order valence-corrected chi connectivity index (χ0v) is 11.9. The Morgan fingerprint density at radius 1 is 1.05 bits per heavy atom. The van der Waals surface area contributed by atoms with Gasteiger partial charge in [0.25, 0.3) is 0 Å². The summed E-state index contributed by atoms with van der Waals surface area (Å²) >= 11 is 5.74.